The SMILES string of the molecule is CCCCN(C(=O)C(CC(N)=O)NC(=O)OC(C)(C)C)C(C(=O)NCc1ccccc1)c1ccc(CC)cc1. The van der Waals surface area contributed by atoms with E-state index in [1.807, 2.05) is 68.4 Å². The summed E-state index contributed by atoms with van der Waals surface area (Å²) in [5, 5.41) is 5.45. The van der Waals surface area contributed by atoms with E-state index in [1.54, 1.807) is 20.8 Å². The van der Waals surface area contributed by atoms with Crippen LogP contribution in [0.25, 0.3) is 0 Å². The molecule has 9 nitrogen and oxygen atoms in total. The van der Waals surface area contributed by atoms with E-state index in [0.29, 0.717) is 12.0 Å². The third kappa shape index (κ3) is 10.4. The van der Waals surface area contributed by atoms with Gasteiger partial charge in [0.05, 0.1) is 6.42 Å². The van der Waals surface area contributed by atoms with Crippen LogP contribution < -0.4 is 16.4 Å². The van der Waals surface area contributed by atoms with Gasteiger partial charge < -0.3 is 26.0 Å². The zero-order valence-corrected chi connectivity index (χ0v) is 23.7. The van der Waals surface area contributed by atoms with Crippen LogP contribution in [0.5, 0.6) is 0 Å². The molecule has 4 amide bonds. The van der Waals surface area contributed by atoms with Crippen molar-refractivity contribution in [3.05, 3.63) is 71.3 Å². The van der Waals surface area contributed by atoms with E-state index in [0.717, 1.165) is 24.0 Å². The average molecular weight is 539 g/mol. The highest BCUT2D eigenvalue weighted by Gasteiger charge is 2.36. The first-order valence-corrected chi connectivity index (χ1v) is 13.4. The fraction of sp³-hybridized carbons (Fsp3) is 0.467. The number of carbonyl (C=O) groups is 4. The lowest BCUT2D eigenvalue weighted by Gasteiger charge is -2.34. The smallest absolute Gasteiger partial charge is 0.408 e. The van der Waals surface area contributed by atoms with E-state index in [4.69, 9.17) is 10.5 Å². The number of amides is 4. The number of rotatable bonds is 13. The van der Waals surface area contributed by atoms with E-state index in [-0.39, 0.29) is 19.0 Å². The Labute approximate surface area is 231 Å². The first-order chi connectivity index (χ1) is 18.4. The summed E-state index contributed by atoms with van der Waals surface area (Å²) in [5.74, 6) is -1.73. The minimum Gasteiger partial charge on any atom is -0.444 e. The Morgan fingerprint density at radius 1 is 0.949 bits per heavy atom. The molecule has 0 saturated heterocycles. The number of primary amides is 1. The van der Waals surface area contributed by atoms with Crippen LogP contribution in [0.2, 0.25) is 0 Å². The summed E-state index contributed by atoms with van der Waals surface area (Å²) in [6.45, 7) is 9.60. The number of alkyl carbamates (subject to hydrolysis) is 1. The topological polar surface area (TPSA) is 131 Å². The van der Waals surface area contributed by atoms with E-state index in [1.165, 1.54) is 4.90 Å². The standard InChI is InChI=1S/C30H42N4O5/c1-6-8-18-34(28(37)24(19-25(31)35)33-29(38)39-30(3,4)5)26(23-16-14-21(7-2)15-17-23)27(36)32-20-22-12-10-9-11-13-22/h9-17,24,26H,6-8,18-20H2,1-5H3,(H2,31,35)(H,32,36)(H,33,38). The van der Waals surface area contributed by atoms with Crippen LogP contribution in [0.1, 0.15) is 76.6 Å². The van der Waals surface area contributed by atoms with E-state index in [9.17, 15) is 19.2 Å². The summed E-state index contributed by atoms with van der Waals surface area (Å²) in [6.07, 6.45) is 0.904. The molecular formula is C30H42N4O5. The number of carbonyl (C=O) groups excluding carboxylic acids is 4. The van der Waals surface area contributed by atoms with E-state index < -0.39 is 42.0 Å². The van der Waals surface area contributed by atoms with Gasteiger partial charge in [-0.05, 0) is 50.3 Å². The lowest BCUT2D eigenvalue weighted by molar-refractivity contribution is -0.143. The van der Waals surface area contributed by atoms with Gasteiger partial charge in [-0.3, -0.25) is 14.4 Å². The van der Waals surface area contributed by atoms with Crippen LogP contribution in [0, 0.1) is 0 Å². The molecule has 4 N–H and O–H groups in total. The van der Waals surface area contributed by atoms with Crippen molar-refractivity contribution < 1.29 is 23.9 Å². The summed E-state index contributed by atoms with van der Waals surface area (Å²) in [7, 11) is 0. The zero-order chi connectivity index (χ0) is 29.0. The molecule has 2 unspecified atom stereocenters. The maximum absolute atomic E-state index is 14.0. The molecule has 2 rings (SSSR count). The van der Waals surface area contributed by atoms with Crippen molar-refractivity contribution >= 4 is 23.8 Å². The normalized spacial score (nSPS) is 12.6. The third-order valence-corrected chi connectivity index (χ3v) is 6.00. The Morgan fingerprint density at radius 2 is 1.59 bits per heavy atom. The molecule has 0 bridgehead atoms. The fourth-order valence-corrected chi connectivity index (χ4v) is 4.04. The van der Waals surface area contributed by atoms with Crippen molar-refractivity contribution in [3.63, 3.8) is 0 Å². The van der Waals surface area contributed by atoms with Crippen molar-refractivity contribution in [2.75, 3.05) is 6.54 Å². The summed E-state index contributed by atoms with van der Waals surface area (Å²) < 4.78 is 5.31. The molecule has 39 heavy (non-hydrogen) atoms. The molecule has 0 aliphatic carbocycles. The maximum Gasteiger partial charge on any atom is 0.408 e. The van der Waals surface area contributed by atoms with Gasteiger partial charge in [0.2, 0.25) is 17.7 Å². The van der Waals surface area contributed by atoms with Crippen LogP contribution in [0.4, 0.5) is 4.79 Å². The summed E-state index contributed by atoms with van der Waals surface area (Å²) in [4.78, 5) is 53.6. The number of aryl methyl sites for hydroxylation is 1. The van der Waals surface area contributed by atoms with Gasteiger partial charge in [-0.1, -0.05) is 74.9 Å². The fourth-order valence-electron chi connectivity index (χ4n) is 4.04. The molecule has 2 atom stereocenters. The quantitative estimate of drug-likeness (QED) is 0.355. The number of benzene rings is 2. The first-order valence-electron chi connectivity index (χ1n) is 13.4. The van der Waals surface area contributed by atoms with Crippen molar-refractivity contribution in [2.45, 2.75) is 84.5 Å². The van der Waals surface area contributed by atoms with Crippen LogP contribution in [-0.2, 0) is 32.1 Å². The Morgan fingerprint density at radius 3 is 2.13 bits per heavy atom. The summed E-state index contributed by atoms with van der Waals surface area (Å²) in [5.41, 5.74) is 7.26. The second-order valence-electron chi connectivity index (χ2n) is 10.5. The zero-order valence-electron chi connectivity index (χ0n) is 23.7. The summed E-state index contributed by atoms with van der Waals surface area (Å²) >= 11 is 0. The minimum absolute atomic E-state index is 0.236. The van der Waals surface area contributed by atoms with Crippen LogP contribution in [-0.4, -0.2) is 46.9 Å². The number of nitrogens with two attached hydrogens (primary N) is 1. The van der Waals surface area contributed by atoms with Crippen LogP contribution in [0.15, 0.2) is 54.6 Å². The Balaban J connectivity index is 2.47. The molecule has 0 heterocycles. The highest BCUT2D eigenvalue weighted by atomic mass is 16.6. The average Bonchev–Trinajstić information content (AvgIpc) is 2.88. The lowest BCUT2D eigenvalue weighted by Crippen LogP contribution is -2.54. The van der Waals surface area contributed by atoms with Gasteiger partial charge in [0.25, 0.3) is 0 Å². The van der Waals surface area contributed by atoms with Gasteiger partial charge in [0.15, 0.2) is 0 Å². The molecule has 0 saturated carbocycles. The second kappa shape index (κ2) is 14.9. The number of ether oxygens (including phenoxy) is 1. The van der Waals surface area contributed by atoms with Crippen molar-refractivity contribution in [2.24, 2.45) is 5.73 Å². The molecule has 0 aromatic heterocycles. The highest BCUT2D eigenvalue weighted by molar-refractivity contribution is 5.94. The Bertz CT molecular complexity index is 1100. The Kier molecular flexibility index (Phi) is 12.0. The van der Waals surface area contributed by atoms with Crippen LogP contribution in [0.3, 0.4) is 0 Å². The molecule has 2 aromatic carbocycles. The van der Waals surface area contributed by atoms with E-state index in [2.05, 4.69) is 10.6 Å². The number of nitrogens with zero attached hydrogens (tertiary/aromatic N) is 1. The van der Waals surface area contributed by atoms with Crippen molar-refractivity contribution in [1.29, 1.82) is 0 Å². The number of hydrogen-bond donors (Lipinski definition) is 3. The van der Waals surface area contributed by atoms with Gasteiger partial charge in [-0.15, -0.1) is 0 Å². The predicted octanol–water partition coefficient (Wildman–Crippen LogP) is 4.00. The molecular weight excluding hydrogens is 496 g/mol. The van der Waals surface area contributed by atoms with Gasteiger partial charge in [0, 0.05) is 13.1 Å². The molecule has 0 aliphatic heterocycles. The van der Waals surface area contributed by atoms with Crippen molar-refractivity contribution in [1.82, 2.24) is 15.5 Å². The molecule has 9 heteroatoms. The van der Waals surface area contributed by atoms with Gasteiger partial charge in [-0.2, -0.15) is 0 Å². The number of unbranched alkanes of at least 4 members (excludes halogenated alkanes) is 1. The largest absolute Gasteiger partial charge is 0.444 e. The highest BCUT2D eigenvalue weighted by Crippen LogP contribution is 2.25. The minimum atomic E-state index is -1.30. The lowest BCUT2D eigenvalue weighted by atomic mass is 9.99. The molecule has 0 fully saturated rings. The number of hydrogen-bond acceptors (Lipinski definition) is 5. The van der Waals surface area contributed by atoms with Crippen LogP contribution >= 0.6 is 0 Å². The first kappa shape index (κ1) is 31.3. The van der Waals surface area contributed by atoms with Gasteiger partial charge in [0.1, 0.15) is 17.7 Å². The predicted molar refractivity (Wildman–Crippen MR) is 150 cm³/mol. The molecule has 0 radical (unpaired) electrons. The molecule has 212 valence electrons. The van der Waals surface area contributed by atoms with Crippen molar-refractivity contribution in [3.8, 4) is 0 Å². The monoisotopic (exact) mass is 538 g/mol. The summed E-state index contributed by atoms with van der Waals surface area (Å²) in [6, 6.07) is 14.7. The maximum atomic E-state index is 14.0. The third-order valence-electron chi connectivity index (χ3n) is 6.00. The molecule has 2 aromatic rings. The second-order valence-corrected chi connectivity index (χ2v) is 10.5. The van der Waals surface area contributed by atoms with Gasteiger partial charge >= 0.3 is 6.09 Å². The van der Waals surface area contributed by atoms with E-state index >= 15 is 0 Å². The number of nitrogens with one attached hydrogen (secondary N) is 2. The molecule has 0 aliphatic rings. The van der Waals surface area contributed by atoms with Gasteiger partial charge in [-0.25, -0.2) is 4.79 Å². The Hall–Kier alpha value is -3.88. The molecule has 0 spiro atoms.